The van der Waals surface area contributed by atoms with Crippen LogP contribution in [0.2, 0.25) is 0 Å². The molecule has 4 aliphatic carbocycles. The van der Waals surface area contributed by atoms with Crippen molar-refractivity contribution in [3.05, 3.63) is 35.5 Å². The maximum atomic E-state index is 10.0. The lowest BCUT2D eigenvalue weighted by Crippen LogP contribution is -2.50. The Hall–Kier alpha value is -0.900. The van der Waals surface area contributed by atoms with E-state index in [1.165, 1.54) is 6.42 Å². The van der Waals surface area contributed by atoms with Crippen LogP contribution in [0.15, 0.2) is 35.5 Å². The van der Waals surface area contributed by atoms with Crippen LogP contribution in [0.25, 0.3) is 0 Å². The molecule has 0 aromatic carbocycles. The van der Waals surface area contributed by atoms with Crippen molar-refractivity contribution in [1.82, 2.24) is 0 Å². The maximum Gasteiger partial charge on any atom is 0.194 e. The van der Waals surface area contributed by atoms with Gasteiger partial charge in [0.15, 0.2) is 5.79 Å². The van der Waals surface area contributed by atoms with Gasteiger partial charge in [-0.1, -0.05) is 43.2 Å². The van der Waals surface area contributed by atoms with Crippen LogP contribution in [-0.4, -0.2) is 30.2 Å². The third-order valence-corrected chi connectivity index (χ3v) is 7.82. The zero-order chi connectivity index (χ0) is 16.6. The molecule has 1 aliphatic heterocycles. The fourth-order valence-electron chi connectivity index (χ4n) is 6.34. The first-order valence-corrected chi connectivity index (χ1v) is 9.56. The van der Waals surface area contributed by atoms with Crippen LogP contribution < -0.4 is 0 Å². The lowest BCUT2D eigenvalue weighted by molar-refractivity contribution is -0.201. The summed E-state index contributed by atoms with van der Waals surface area (Å²) in [6, 6.07) is 0. The summed E-state index contributed by atoms with van der Waals surface area (Å²) in [4.78, 5) is 0. The molecule has 3 heteroatoms. The van der Waals surface area contributed by atoms with Crippen molar-refractivity contribution in [2.45, 2.75) is 57.8 Å². The van der Waals surface area contributed by atoms with E-state index in [1.807, 2.05) is 6.08 Å². The quantitative estimate of drug-likeness (QED) is 0.688. The van der Waals surface area contributed by atoms with Gasteiger partial charge >= 0.3 is 0 Å². The molecule has 0 saturated carbocycles. The van der Waals surface area contributed by atoms with E-state index in [2.05, 4.69) is 32.1 Å². The fraction of sp³-hybridized carbons (Fsp3) is 0.714. The molecule has 1 N–H and O–H groups in total. The van der Waals surface area contributed by atoms with Crippen molar-refractivity contribution in [2.24, 2.45) is 22.7 Å². The predicted molar refractivity (Wildman–Crippen MR) is 92.2 cm³/mol. The Kier molecular flexibility index (Phi) is 3.10. The lowest BCUT2D eigenvalue weighted by atomic mass is 9.52. The molecule has 5 atom stereocenters. The third kappa shape index (κ3) is 1.73. The van der Waals surface area contributed by atoms with Gasteiger partial charge in [-0.05, 0) is 44.1 Å². The van der Waals surface area contributed by atoms with E-state index in [0.717, 1.165) is 25.7 Å². The predicted octanol–water partition coefficient (Wildman–Crippen LogP) is 3.75. The van der Waals surface area contributed by atoms with Crippen LogP contribution in [0, 0.1) is 22.7 Å². The van der Waals surface area contributed by atoms with Gasteiger partial charge in [0.1, 0.15) is 0 Å². The molecule has 1 heterocycles. The molecular weight excluding hydrogens is 300 g/mol. The van der Waals surface area contributed by atoms with Crippen LogP contribution in [0.1, 0.15) is 46.0 Å². The average molecular weight is 328 g/mol. The Balaban J connectivity index is 1.58. The van der Waals surface area contributed by atoms with E-state index in [-0.39, 0.29) is 16.9 Å². The van der Waals surface area contributed by atoms with Gasteiger partial charge in [-0.15, -0.1) is 0 Å². The van der Waals surface area contributed by atoms with Gasteiger partial charge in [0.25, 0.3) is 0 Å². The molecule has 130 valence electrons. The lowest BCUT2D eigenvalue weighted by Gasteiger charge is -2.53. The van der Waals surface area contributed by atoms with E-state index in [9.17, 15) is 5.11 Å². The molecule has 0 aromatic heterocycles. The number of hydrogen-bond acceptors (Lipinski definition) is 3. The highest BCUT2D eigenvalue weighted by Crippen LogP contribution is 2.64. The molecule has 5 rings (SSSR count). The Bertz CT molecular complexity index is 654. The highest BCUT2D eigenvalue weighted by Gasteiger charge is 2.61. The molecule has 5 aliphatic rings. The second-order valence-electron chi connectivity index (χ2n) is 8.80. The molecule has 3 nitrogen and oxygen atoms in total. The van der Waals surface area contributed by atoms with Crippen molar-refractivity contribution in [3.63, 3.8) is 0 Å². The summed E-state index contributed by atoms with van der Waals surface area (Å²) >= 11 is 0. The van der Waals surface area contributed by atoms with Gasteiger partial charge < -0.3 is 14.6 Å². The molecule has 1 fully saturated rings. The molecule has 0 aromatic rings. The number of aliphatic hydroxyl groups excluding tert-OH is 1. The summed E-state index contributed by atoms with van der Waals surface area (Å²) in [7, 11) is 0. The van der Waals surface area contributed by atoms with Crippen molar-refractivity contribution >= 4 is 0 Å². The largest absolute Gasteiger partial charge is 0.389 e. The minimum absolute atomic E-state index is 0.0312. The Labute approximate surface area is 144 Å². The number of hydrogen-bond donors (Lipinski definition) is 1. The van der Waals surface area contributed by atoms with Crippen molar-refractivity contribution in [1.29, 1.82) is 0 Å². The zero-order valence-electron chi connectivity index (χ0n) is 14.8. The molecule has 3 unspecified atom stereocenters. The van der Waals surface area contributed by atoms with Gasteiger partial charge in [-0.2, -0.15) is 0 Å². The van der Waals surface area contributed by atoms with Gasteiger partial charge in [0.2, 0.25) is 0 Å². The molecule has 1 spiro atoms. The first-order valence-electron chi connectivity index (χ1n) is 9.56. The van der Waals surface area contributed by atoms with Gasteiger partial charge in [-0.25, -0.2) is 0 Å². The SMILES string of the molecule is C[C@]12CCC3=C(CCC4CC(O)C=C[C@]34C)C1C=CC21OCCO1. The molecule has 0 radical (unpaired) electrons. The highest BCUT2D eigenvalue weighted by molar-refractivity contribution is 5.42. The van der Waals surface area contributed by atoms with Crippen LogP contribution >= 0.6 is 0 Å². The van der Waals surface area contributed by atoms with Gasteiger partial charge in [0, 0.05) is 16.7 Å². The third-order valence-electron chi connectivity index (χ3n) is 7.82. The highest BCUT2D eigenvalue weighted by atomic mass is 16.7. The second-order valence-corrected chi connectivity index (χ2v) is 8.80. The molecule has 0 bridgehead atoms. The summed E-state index contributed by atoms with van der Waals surface area (Å²) in [5.74, 6) is 0.531. The summed E-state index contributed by atoms with van der Waals surface area (Å²) in [6.07, 6.45) is 14.2. The molecule has 1 saturated heterocycles. The summed E-state index contributed by atoms with van der Waals surface area (Å²) in [5.41, 5.74) is 3.44. The van der Waals surface area contributed by atoms with E-state index in [1.54, 1.807) is 11.1 Å². The van der Waals surface area contributed by atoms with E-state index < -0.39 is 5.79 Å². The standard InChI is InChI=1S/C21H28O3/c1-19-8-5-15(22)13-14(19)3-4-16-17(19)6-9-20(2)18(16)7-10-21(20)23-11-12-24-21/h5,7-8,10,14-15,18,22H,3-4,6,9,11-13H2,1-2H3/t14?,15?,18?,19-,20-/m0/s1. The first kappa shape index (κ1) is 15.4. The maximum absolute atomic E-state index is 10.0. The van der Waals surface area contributed by atoms with Crippen molar-refractivity contribution < 1.29 is 14.6 Å². The Morgan fingerprint density at radius 1 is 1.08 bits per heavy atom. The monoisotopic (exact) mass is 328 g/mol. The minimum atomic E-state index is -0.494. The summed E-state index contributed by atoms with van der Waals surface area (Å²) in [6.45, 7) is 6.17. The smallest absolute Gasteiger partial charge is 0.194 e. The van der Waals surface area contributed by atoms with Crippen molar-refractivity contribution in [3.8, 4) is 0 Å². The van der Waals surface area contributed by atoms with Crippen LogP contribution in [0.3, 0.4) is 0 Å². The molecular formula is C21H28O3. The van der Waals surface area contributed by atoms with Gasteiger partial charge in [0.05, 0.1) is 19.3 Å². The van der Waals surface area contributed by atoms with Gasteiger partial charge in [-0.3, -0.25) is 0 Å². The van der Waals surface area contributed by atoms with Crippen molar-refractivity contribution in [2.75, 3.05) is 13.2 Å². The summed E-state index contributed by atoms with van der Waals surface area (Å²) in [5, 5.41) is 10.0. The second kappa shape index (κ2) is 4.84. The topological polar surface area (TPSA) is 38.7 Å². The summed E-state index contributed by atoms with van der Waals surface area (Å²) < 4.78 is 12.2. The van der Waals surface area contributed by atoms with Crippen LogP contribution in [-0.2, 0) is 9.47 Å². The zero-order valence-corrected chi connectivity index (χ0v) is 14.8. The number of ether oxygens (including phenoxy) is 2. The first-order chi connectivity index (χ1) is 11.5. The van der Waals surface area contributed by atoms with E-state index >= 15 is 0 Å². The average Bonchev–Trinajstić information content (AvgIpc) is 3.15. The molecule has 0 amide bonds. The van der Waals surface area contributed by atoms with E-state index in [0.29, 0.717) is 25.0 Å². The minimum Gasteiger partial charge on any atom is -0.389 e. The normalized spacial score (nSPS) is 48.5. The van der Waals surface area contributed by atoms with Crippen LogP contribution in [0.4, 0.5) is 0 Å². The number of rotatable bonds is 0. The number of aliphatic hydroxyl groups is 1. The van der Waals surface area contributed by atoms with Crippen LogP contribution in [0.5, 0.6) is 0 Å². The van der Waals surface area contributed by atoms with E-state index in [4.69, 9.17) is 9.47 Å². The Morgan fingerprint density at radius 3 is 2.67 bits per heavy atom. The number of fused-ring (bicyclic) bond motifs is 5. The fourth-order valence-corrected chi connectivity index (χ4v) is 6.34. The number of allylic oxidation sites excluding steroid dienone is 4. The Morgan fingerprint density at radius 2 is 1.88 bits per heavy atom. The molecule has 24 heavy (non-hydrogen) atoms.